The van der Waals surface area contributed by atoms with Gasteiger partial charge in [-0.15, -0.1) is 0 Å². The second-order valence-corrected chi connectivity index (χ2v) is 10.3. The van der Waals surface area contributed by atoms with E-state index in [9.17, 15) is 19.5 Å². The van der Waals surface area contributed by atoms with Crippen molar-refractivity contribution in [3.63, 3.8) is 0 Å². The molecule has 0 aliphatic heterocycles. The summed E-state index contributed by atoms with van der Waals surface area (Å²) >= 11 is 0. The molecule has 2 aromatic heterocycles. The molecule has 0 fully saturated rings. The number of aromatic nitrogens is 3. The molecule has 2 atom stereocenters. The summed E-state index contributed by atoms with van der Waals surface area (Å²) in [5, 5.41) is 16.5. The van der Waals surface area contributed by atoms with Gasteiger partial charge in [-0.05, 0) is 48.6 Å². The fourth-order valence-electron chi connectivity index (χ4n) is 4.74. The molecule has 40 heavy (non-hydrogen) atoms. The van der Waals surface area contributed by atoms with Crippen molar-refractivity contribution in [3.05, 3.63) is 83.1 Å². The average Bonchev–Trinajstić information content (AvgIpc) is 3.51. The average molecular weight is 546 g/mol. The van der Waals surface area contributed by atoms with Crippen molar-refractivity contribution in [2.75, 3.05) is 7.11 Å². The Morgan fingerprint density at radius 2 is 1.77 bits per heavy atom. The number of carboxylic acid groups (broad SMARTS) is 1. The molecule has 0 aliphatic rings. The number of aryl methyl sites for hydroxylation is 1. The Morgan fingerprint density at radius 1 is 1.05 bits per heavy atom. The minimum absolute atomic E-state index is 0.0975. The van der Waals surface area contributed by atoms with Gasteiger partial charge in [-0.3, -0.25) is 9.59 Å². The smallest absolute Gasteiger partial charge is 0.356 e. The van der Waals surface area contributed by atoms with Crippen LogP contribution in [0.15, 0.2) is 54.7 Å². The topological polar surface area (TPSA) is 149 Å². The number of hydrogen-bond acceptors (Lipinski definition) is 5. The molecule has 10 heteroatoms. The molecular weight excluding hydrogens is 510 g/mol. The molecule has 0 saturated heterocycles. The van der Waals surface area contributed by atoms with Crippen molar-refractivity contribution < 1.29 is 24.2 Å². The number of ether oxygens (including phenoxy) is 1. The first kappa shape index (κ1) is 28.4. The standard InChI is InChI=1S/C30H35N5O5/c1-17(2)13-25(33-26(36)14-19-9-11-21(40-4)12-10-19)29(37)34-24(28-32-18(3)27(35-28)30(38)39)15-20-16-31-23-8-6-5-7-22(20)23/h5-12,16-17,24-25,31H,13-15H2,1-4H3,(H,32,35)(H,33,36)(H,34,37)(H,38,39)/t24-,25+/m1/s1. The number of methoxy groups -OCH3 is 1. The molecule has 2 aromatic carbocycles. The van der Waals surface area contributed by atoms with E-state index in [0.717, 1.165) is 22.0 Å². The Kier molecular flexibility index (Phi) is 8.88. The zero-order valence-electron chi connectivity index (χ0n) is 23.1. The lowest BCUT2D eigenvalue weighted by atomic mass is 10.0. The van der Waals surface area contributed by atoms with E-state index in [2.05, 4.69) is 25.6 Å². The van der Waals surface area contributed by atoms with Crippen LogP contribution >= 0.6 is 0 Å². The zero-order valence-corrected chi connectivity index (χ0v) is 23.1. The molecule has 4 aromatic rings. The fourth-order valence-corrected chi connectivity index (χ4v) is 4.74. The monoisotopic (exact) mass is 545 g/mol. The Morgan fingerprint density at radius 3 is 2.42 bits per heavy atom. The lowest BCUT2D eigenvalue weighted by Crippen LogP contribution is -2.49. The highest BCUT2D eigenvalue weighted by Gasteiger charge is 2.28. The van der Waals surface area contributed by atoms with E-state index in [0.29, 0.717) is 30.1 Å². The third-order valence-corrected chi connectivity index (χ3v) is 6.73. The number of rotatable bonds is 12. The van der Waals surface area contributed by atoms with Crippen molar-refractivity contribution in [1.82, 2.24) is 25.6 Å². The summed E-state index contributed by atoms with van der Waals surface area (Å²) in [6, 6.07) is 13.6. The zero-order chi connectivity index (χ0) is 28.8. The van der Waals surface area contributed by atoms with Crippen LogP contribution in [-0.2, 0) is 22.4 Å². The number of carboxylic acids is 1. The van der Waals surface area contributed by atoms with Crippen LogP contribution in [-0.4, -0.2) is 51.0 Å². The lowest BCUT2D eigenvalue weighted by Gasteiger charge is -2.24. The Labute approximate surface area is 232 Å². The van der Waals surface area contributed by atoms with Crippen LogP contribution in [0.3, 0.4) is 0 Å². The van der Waals surface area contributed by atoms with E-state index in [-0.39, 0.29) is 29.8 Å². The molecule has 4 rings (SSSR count). The van der Waals surface area contributed by atoms with Crippen molar-refractivity contribution in [2.24, 2.45) is 5.92 Å². The molecule has 5 N–H and O–H groups in total. The second-order valence-electron chi connectivity index (χ2n) is 10.3. The summed E-state index contributed by atoms with van der Waals surface area (Å²) in [6.45, 7) is 5.59. The quantitative estimate of drug-likeness (QED) is 0.181. The van der Waals surface area contributed by atoms with E-state index >= 15 is 0 Å². The van der Waals surface area contributed by atoms with Gasteiger partial charge >= 0.3 is 5.97 Å². The van der Waals surface area contributed by atoms with Gasteiger partial charge in [0.15, 0.2) is 5.69 Å². The maximum absolute atomic E-state index is 13.6. The van der Waals surface area contributed by atoms with Gasteiger partial charge in [-0.25, -0.2) is 9.78 Å². The summed E-state index contributed by atoms with van der Waals surface area (Å²) in [5.74, 6) is -0.633. The summed E-state index contributed by atoms with van der Waals surface area (Å²) in [5.41, 5.74) is 2.99. The largest absolute Gasteiger partial charge is 0.497 e. The van der Waals surface area contributed by atoms with Crippen LogP contribution in [0.5, 0.6) is 5.75 Å². The van der Waals surface area contributed by atoms with Gasteiger partial charge in [0, 0.05) is 29.2 Å². The highest BCUT2D eigenvalue weighted by atomic mass is 16.5. The first-order chi connectivity index (χ1) is 19.1. The number of H-pyrrole nitrogens is 2. The summed E-state index contributed by atoms with van der Waals surface area (Å²) in [7, 11) is 1.58. The molecule has 10 nitrogen and oxygen atoms in total. The molecule has 0 spiro atoms. The molecular formula is C30H35N5O5. The maximum Gasteiger partial charge on any atom is 0.356 e. The SMILES string of the molecule is COc1ccc(CC(=O)N[C@@H](CC(C)C)C(=O)N[C@H](Cc2c[nH]c3ccccc23)c2nc(C(=O)O)c(C)[nH]2)cc1. The molecule has 0 unspecified atom stereocenters. The number of carbonyl (C=O) groups is 3. The van der Waals surface area contributed by atoms with E-state index in [4.69, 9.17) is 4.74 Å². The predicted octanol–water partition coefficient (Wildman–Crippen LogP) is 4.08. The van der Waals surface area contributed by atoms with E-state index in [1.165, 1.54) is 0 Å². The molecule has 0 aliphatic carbocycles. The van der Waals surface area contributed by atoms with Crippen molar-refractivity contribution in [2.45, 2.75) is 52.1 Å². The summed E-state index contributed by atoms with van der Waals surface area (Å²) < 4.78 is 5.17. The third-order valence-electron chi connectivity index (χ3n) is 6.73. The number of nitrogens with one attached hydrogen (secondary N) is 4. The molecule has 0 saturated carbocycles. The fraction of sp³-hybridized carbons (Fsp3) is 0.333. The number of imidazole rings is 1. The van der Waals surface area contributed by atoms with Crippen LogP contribution in [0.2, 0.25) is 0 Å². The van der Waals surface area contributed by atoms with Crippen LogP contribution in [0.1, 0.15) is 59.4 Å². The number of amides is 2. The predicted molar refractivity (Wildman–Crippen MR) is 151 cm³/mol. The van der Waals surface area contributed by atoms with Gasteiger partial charge in [0.25, 0.3) is 0 Å². The Bertz CT molecular complexity index is 1490. The Balaban J connectivity index is 1.56. The first-order valence-electron chi connectivity index (χ1n) is 13.2. The number of aromatic amines is 2. The van der Waals surface area contributed by atoms with Crippen molar-refractivity contribution >= 4 is 28.7 Å². The highest BCUT2D eigenvalue weighted by molar-refractivity contribution is 5.89. The van der Waals surface area contributed by atoms with Gasteiger partial charge < -0.3 is 30.4 Å². The normalized spacial score (nSPS) is 12.7. The van der Waals surface area contributed by atoms with Gasteiger partial charge in [0.05, 0.1) is 19.6 Å². The van der Waals surface area contributed by atoms with E-state index in [1.54, 1.807) is 26.2 Å². The van der Waals surface area contributed by atoms with Crippen molar-refractivity contribution in [1.29, 1.82) is 0 Å². The maximum atomic E-state index is 13.6. The van der Waals surface area contributed by atoms with Gasteiger partial charge in [0.2, 0.25) is 11.8 Å². The van der Waals surface area contributed by atoms with Gasteiger partial charge in [-0.1, -0.05) is 44.2 Å². The number of hydrogen-bond donors (Lipinski definition) is 5. The molecule has 210 valence electrons. The minimum Gasteiger partial charge on any atom is -0.497 e. The molecule has 0 radical (unpaired) electrons. The Hall–Kier alpha value is -4.60. The molecule has 2 heterocycles. The first-order valence-corrected chi connectivity index (χ1v) is 13.2. The van der Waals surface area contributed by atoms with Crippen LogP contribution in [0.25, 0.3) is 10.9 Å². The van der Waals surface area contributed by atoms with Crippen LogP contribution in [0.4, 0.5) is 0 Å². The van der Waals surface area contributed by atoms with E-state index < -0.39 is 18.1 Å². The third kappa shape index (κ3) is 6.88. The number of aromatic carboxylic acids is 1. The summed E-state index contributed by atoms with van der Waals surface area (Å²) in [4.78, 5) is 48.8. The lowest BCUT2D eigenvalue weighted by molar-refractivity contribution is -0.129. The number of fused-ring (bicyclic) bond motifs is 1. The number of nitrogens with zero attached hydrogens (tertiary/aromatic N) is 1. The summed E-state index contributed by atoms with van der Waals surface area (Å²) in [6.07, 6.45) is 2.78. The second kappa shape index (κ2) is 12.5. The van der Waals surface area contributed by atoms with Gasteiger partial charge in [-0.2, -0.15) is 0 Å². The van der Waals surface area contributed by atoms with Crippen LogP contribution < -0.4 is 15.4 Å². The van der Waals surface area contributed by atoms with Gasteiger partial charge in [0.1, 0.15) is 17.6 Å². The number of para-hydroxylation sites is 1. The van der Waals surface area contributed by atoms with Crippen LogP contribution in [0, 0.1) is 12.8 Å². The number of benzene rings is 2. The minimum atomic E-state index is -1.15. The highest BCUT2D eigenvalue weighted by Crippen LogP contribution is 2.25. The molecule has 2 amide bonds. The number of carbonyl (C=O) groups excluding carboxylic acids is 2. The van der Waals surface area contributed by atoms with Crippen molar-refractivity contribution in [3.8, 4) is 5.75 Å². The molecule has 0 bridgehead atoms. The van der Waals surface area contributed by atoms with E-state index in [1.807, 2.05) is 56.4 Å².